The van der Waals surface area contributed by atoms with Crippen molar-refractivity contribution in [1.82, 2.24) is 15.2 Å². The molecule has 1 aliphatic rings. The first-order chi connectivity index (χ1) is 14.3. The lowest BCUT2D eigenvalue weighted by Crippen LogP contribution is -2.43. The van der Waals surface area contributed by atoms with Gasteiger partial charge in [0.15, 0.2) is 5.70 Å². The number of allylic oxidation sites excluding steroid dienone is 1. The van der Waals surface area contributed by atoms with Crippen LogP contribution in [0.15, 0.2) is 70.9 Å². The summed E-state index contributed by atoms with van der Waals surface area (Å²) in [5.41, 5.74) is 4.48. The van der Waals surface area contributed by atoms with E-state index in [-0.39, 0.29) is 16.2 Å². The molecular weight excluding hydrogens is 412 g/mol. The maximum atomic E-state index is 12.9. The third-order valence-electron chi connectivity index (χ3n) is 4.15. The van der Waals surface area contributed by atoms with Crippen LogP contribution in [0.3, 0.4) is 0 Å². The number of fused-ring (bicyclic) bond motifs is 1. The van der Waals surface area contributed by atoms with Crippen LogP contribution in [-0.2, 0) is 19.6 Å². The fourth-order valence-electron chi connectivity index (χ4n) is 2.79. The Morgan fingerprint density at radius 1 is 0.967 bits per heavy atom. The summed E-state index contributed by atoms with van der Waals surface area (Å²) < 4.78 is 30.8. The molecule has 11 heteroatoms. The number of nitrogens with one attached hydrogen (secondary N) is 3. The highest BCUT2D eigenvalue weighted by molar-refractivity contribution is 7.90. The number of benzene rings is 2. The number of carbonyl (C=O) groups is 3. The van der Waals surface area contributed by atoms with E-state index >= 15 is 0 Å². The zero-order chi connectivity index (χ0) is 21.9. The van der Waals surface area contributed by atoms with Gasteiger partial charge in [-0.05, 0) is 31.2 Å². The molecule has 30 heavy (non-hydrogen) atoms. The van der Waals surface area contributed by atoms with Gasteiger partial charge in [-0.25, -0.2) is 18.0 Å². The molecule has 1 heterocycles. The second-order valence-electron chi connectivity index (χ2n) is 6.11. The van der Waals surface area contributed by atoms with Crippen molar-refractivity contribution in [2.45, 2.75) is 11.8 Å². The number of para-hydroxylation sites is 1. The first-order valence-electron chi connectivity index (χ1n) is 8.63. The fraction of sp³-hybridized carbons (Fsp3) is 0.105. The van der Waals surface area contributed by atoms with Crippen molar-refractivity contribution in [1.29, 1.82) is 0 Å². The molecule has 0 saturated carbocycles. The van der Waals surface area contributed by atoms with E-state index in [1.807, 2.05) is 0 Å². The summed E-state index contributed by atoms with van der Waals surface area (Å²) in [6.07, 6.45) is 0. The number of methoxy groups -OCH3 is 1. The van der Waals surface area contributed by atoms with E-state index in [1.54, 1.807) is 30.3 Å². The first-order valence-corrected chi connectivity index (χ1v) is 10.1. The van der Waals surface area contributed by atoms with Crippen LogP contribution in [0.5, 0.6) is 0 Å². The van der Waals surface area contributed by atoms with Crippen molar-refractivity contribution in [2.24, 2.45) is 0 Å². The largest absolute Gasteiger partial charge is 0.464 e. The van der Waals surface area contributed by atoms with Crippen LogP contribution in [0.4, 0.5) is 10.5 Å². The van der Waals surface area contributed by atoms with Gasteiger partial charge < -0.3 is 10.1 Å². The molecular formula is C19H18N4O6S. The van der Waals surface area contributed by atoms with Gasteiger partial charge >= 0.3 is 12.0 Å². The molecule has 0 radical (unpaired) electrons. The van der Waals surface area contributed by atoms with Gasteiger partial charge in [0.1, 0.15) is 4.90 Å². The highest BCUT2D eigenvalue weighted by Crippen LogP contribution is 2.34. The van der Waals surface area contributed by atoms with Gasteiger partial charge in [0.25, 0.3) is 15.9 Å². The van der Waals surface area contributed by atoms with E-state index in [0.717, 1.165) is 7.11 Å². The Morgan fingerprint density at radius 2 is 1.60 bits per heavy atom. The molecule has 0 aromatic heterocycles. The number of carbonyl (C=O) groups excluding carboxylic acids is 3. The molecule has 0 saturated heterocycles. The zero-order valence-electron chi connectivity index (χ0n) is 16.0. The Kier molecular flexibility index (Phi) is 5.74. The molecule has 0 fully saturated rings. The zero-order valence-corrected chi connectivity index (χ0v) is 16.8. The standard InChI is InChI=1S/C19H18N4O6S/c1-12(21-22-19(26)20-13-8-4-3-5-9-13)16(18(25)29-2)23-17(24)14-10-6-7-11-15(14)30(23,27)28/h3-11,21H,1-2H3,(H2,20,22,26)/b16-12+. The monoisotopic (exact) mass is 430 g/mol. The topological polar surface area (TPSA) is 134 Å². The van der Waals surface area contributed by atoms with E-state index in [1.165, 1.54) is 31.2 Å². The average Bonchev–Trinajstić information content (AvgIpc) is 2.94. The molecule has 0 atom stereocenters. The lowest BCUT2D eigenvalue weighted by atomic mass is 10.2. The highest BCUT2D eigenvalue weighted by Gasteiger charge is 2.46. The Hall–Kier alpha value is -3.86. The van der Waals surface area contributed by atoms with Gasteiger partial charge in [-0.15, -0.1) is 0 Å². The highest BCUT2D eigenvalue weighted by atomic mass is 32.2. The van der Waals surface area contributed by atoms with Crippen LogP contribution in [0.2, 0.25) is 0 Å². The Labute approximate surface area is 172 Å². The van der Waals surface area contributed by atoms with Crippen molar-refractivity contribution in [3.63, 3.8) is 0 Å². The number of ether oxygens (including phenoxy) is 1. The molecule has 3 N–H and O–H groups in total. The fourth-order valence-corrected chi connectivity index (χ4v) is 4.43. The number of nitrogens with zero attached hydrogens (tertiary/aromatic N) is 1. The molecule has 0 aliphatic carbocycles. The number of urea groups is 1. The van der Waals surface area contributed by atoms with Gasteiger partial charge in [0.05, 0.1) is 18.4 Å². The van der Waals surface area contributed by atoms with E-state index in [4.69, 9.17) is 0 Å². The van der Waals surface area contributed by atoms with Crippen molar-refractivity contribution in [3.8, 4) is 0 Å². The van der Waals surface area contributed by atoms with Crippen molar-refractivity contribution >= 4 is 33.6 Å². The Morgan fingerprint density at radius 3 is 2.23 bits per heavy atom. The molecule has 3 amide bonds. The van der Waals surface area contributed by atoms with Crippen LogP contribution in [0.1, 0.15) is 17.3 Å². The van der Waals surface area contributed by atoms with Crippen LogP contribution in [0.25, 0.3) is 0 Å². The lowest BCUT2D eigenvalue weighted by molar-refractivity contribution is -0.137. The molecule has 0 bridgehead atoms. The molecule has 10 nitrogen and oxygen atoms in total. The molecule has 0 unspecified atom stereocenters. The number of anilines is 1. The SMILES string of the molecule is COC(=O)/C(=C(/C)NNC(=O)Nc1ccccc1)N1C(=O)c2ccccc2S1(=O)=O. The second kappa shape index (κ2) is 8.25. The van der Waals surface area contributed by atoms with E-state index in [0.29, 0.717) is 9.99 Å². The minimum Gasteiger partial charge on any atom is -0.464 e. The summed E-state index contributed by atoms with van der Waals surface area (Å²) in [5.74, 6) is -1.98. The Bertz CT molecular complexity index is 1140. The smallest absolute Gasteiger partial charge is 0.357 e. The molecule has 2 aromatic carbocycles. The van der Waals surface area contributed by atoms with Crippen LogP contribution in [-0.4, -0.2) is 37.7 Å². The van der Waals surface area contributed by atoms with Gasteiger partial charge in [-0.1, -0.05) is 30.3 Å². The number of amides is 3. The van der Waals surface area contributed by atoms with Crippen molar-refractivity contribution < 1.29 is 27.5 Å². The maximum absolute atomic E-state index is 12.9. The predicted molar refractivity (Wildman–Crippen MR) is 106 cm³/mol. The van der Waals surface area contributed by atoms with Gasteiger partial charge in [0, 0.05) is 5.69 Å². The van der Waals surface area contributed by atoms with Crippen molar-refractivity contribution in [3.05, 3.63) is 71.6 Å². The predicted octanol–water partition coefficient (Wildman–Crippen LogP) is 1.56. The van der Waals surface area contributed by atoms with Gasteiger partial charge in [-0.2, -0.15) is 4.31 Å². The summed E-state index contributed by atoms with van der Waals surface area (Å²) in [7, 11) is -3.28. The third-order valence-corrected chi connectivity index (χ3v) is 5.89. The number of esters is 1. The Balaban J connectivity index is 1.89. The number of sulfonamides is 1. The number of hydrogen-bond donors (Lipinski definition) is 3. The minimum atomic E-state index is -4.33. The third kappa shape index (κ3) is 3.82. The summed E-state index contributed by atoms with van der Waals surface area (Å²) in [5, 5.41) is 2.54. The molecule has 0 spiro atoms. The minimum absolute atomic E-state index is 0.0681. The summed E-state index contributed by atoms with van der Waals surface area (Å²) >= 11 is 0. The summed E-state index contributed by atoms with van der Waals surface area (Å²) in [4.78, 5) is 36.9. The molecule has 1 aliphatic heterocycles. The van der Waals surface area contributed by atoms with E-state index < -0.39 is 33.6 Å². The molecule has 3 rings (SSSR count). The number of rotatable bonds is 5. The average molecular weight is 430 g/mol. The molecule has 156 valence electrons. The number of hydrazine groups is 1. The lowest BCUT2D eigenvalue weighted by Gasteiger charge is -2.20. The van der Waals surface area contributed by atoms with Gasteiger partial charge in [0.2, 0.25) is 0 Å². The number of hydrogen-bond acceptors (Lipinski definition) is 7. The first kappa shape index (κ1) is 20.9. The van der Waals surface area contributed by atoms with Crippen LogP contribution < -0.4 is 16.2 Å². The maximum Gasteiger partial charge on any atom is 0.357 e. The normalized spacial score (nSPS) is 15.0. The van der Waals surface area contributed by atoms with E-state index in [9.17, 15) is 22.8 Å². The second-order valence-corrected chi connectivity index (χ2v) is 7.86. The van der Waals surface area contributed by atoms with Crippen molar-refractivity contribution in [2.75, 3.05) is 12.4 Å². The van der Waals surface area contributed by atoms with Crippen LogP contribution in [0, 0.1) is 0 Å². The summed E-state index contributed by atoms with van der Waals surface area (Å²) in [6.45, 7) is 1.32. The molecule has 2 aromatic rings. The summed E-state index contributed by atoms with van der Waals surface area (Å²) in [6, 6.07) is 13.5. The van der Waals surface area contributed by atoms with E-state index in [2.05, 4.69) is 20.9 Å². The van der Waals surface area contributed by atoms with Gasteiger partial charge in [-0.3, -0.25) is 15.6 Å². The quantitative estimate of drug-likeness (QED) is 0.372. The van der Waals surface area contributed by atoms with Crippen LogP contribution >= 0.6 is 0 Å².